The monoisotopic (exact) mass is 1120 g/mol. The molecule has 0 rings (SSSR count). The topological polar surface area (TPSA) is 114 Å². The van der Waals surface area contributed by atoms with Crippen LogP contribution in [0.15, 0.2) is 85.1 Å². The number of ether oxygens (including phenoxy) is 1. The van der Waals surface area contributed by atoms with E-state index in [1.54, 1.807) is 0 Å². The van der Waals surface area contributed by atoms with E-state index in [0.29, 0.717) is 23.9 Å². The van der Waals surface area contributed by atoms with Gasteiger partial charge in [0.25, 0.3) is 7.82 Å². The third kappa shape index (κ3) is 59.6. The van der Waals surface area contributed by atoms with Crippen LogP contribution >= 0.6 is 7.82 Å². The van der Waals surface area contributed by atoms with Gasteiger partial charge < -0.3 is 28.5 Å². The number of phosphoric ester groups is 1. The Labute approximate surface area is 488 Å². The van der Waals surface area contributed by atoms with Crippen molar-refractivity contribution in [1.82, 2.24) is 5.32 Å². The Morgan fingerprint density at radius 1 is 0.456 bits per heavy atom. The molecular formula is C69H125N2O7P. The van der Waals surface area contributed by atoms with E-state index in [4.69, 9.17) is 13.8 Å². The summed E-state index contributed by atoms with van der Waals surface area (Å²) in [7, 11) is 1.16. The smallest absolute Gasteiger partial charge is 0.306 e. The molecule has 0 aliphatic heterocycles. The van der Waals surface area contributed by atoms with Gasteiger partial charge in [0.2, 0.25) is 5.91 Å². The van der Waals surface area contributed by atoms with E-state index in [0.717, 1.165) is 64.2 Å². The number of nitrogens with zero attached hydrogens (tertiary/aromatic N) is 1. The first-order chi connectivity index (χ1) is 38.4. The molecule has 0 aromatic heterocycles. The van der Waals surface area contributed by atoms with E-state index < -0.39 is 26.6 Å². The molecule has 10 heteroatoms. The fraction of sp³-hybridized carbons (Fsp3) is 0.768. The number of hydrogen-bond donors (Lipinski definition) is 1. The second-order valence-electron chi connectivity index (χ2n) is 23.4. The molecule has 0 bridgehead atoms. The number of allylic oxidation sites excluding steroid dienone is 13. The van der Waals surface area contributed by atoms with Crippen LogP contribution in [0.2, 0.25) is 0 Å². The van der Waals surface area contributed by atoms with Crippen molar-refractivity contribution in [2.75, 3.05) is 40.9 Å². The summed E-state index contributed by atoms with van der Waals surface area (Å²) < 4.78 is 30.3. The Balaban J connectivity index is 5.11. The number of phosphoric acid groups is 1. The second kappa shape index (κ2) is 58.4. The van der Waals surface area contributed by atoms with Gasteiger partial charge in [0.1, 0.15) is 19.3 Å². The number of hydrogen-bond acceptors (Lipinski definition) is 7. The number of amides is 1. The first kappa shape index (κ1) is 76.2. The van der Waals surface area contributed by atoms with Gasteiger partial charge in [-0.15, -0.1) is 0 Å². The first-order valence-corrected chi connectivity index (χ1v) is 34.4. The molecule has 0 aromatic carbocycles. The SMILES string of the molecule is CC\C=C/C=C/C=C/C=C\C=C\C=C\CCCCCC(=O)OC(/C=C\CCCCCCCCCCC)C(COP(=O)([O-])OCC[N+](C)(C)C)NC(=O)CCCCCCCCCCCCCCCCCCCCCCCCCCC. The number of carbonyl (C=O) groups excluding carboxylic acids is 2. The number of unbranched alkanes of at least 4 members (excludes halogenated alkanes) is 36. The highest BCUT2D eigenvalue weighted by atomic mass is 31.2. The van der Waals surface area contributed by atoms with Crippen LogP contribution in [0.4, 0.5) is 0 Å². The Bertz CT molecular complexity index is 1630. The summed E-state index contributed by atoms with van der Waals surface area (Å²) in [6.07, 6.45) is 77.1. The molecule has 3 atom stereocenters. The van der Waals surface area contributed by atoms with Crippen LogP contribution in [0.1, 0.15) is 290 Å². The highest BCUT2D eigenvalue weighted by Crippen LogP contribution is 2.38. The quantitative estimate of drug-likeness (QED) is 0.0161. The minimum Gasteiger partial charge on any atom is -0.756 e. The van der Waals surface area contributed by atoms with Gasteiger partial charge in [0.05, 0.1) is 33.8 Å². The molecule has 458 valence electrons. The summed E-state index contributed by atoms with van der Waals surface area (Å²) in [6, 6.07) is -0.909. The van der Waals surface area contributed by atoms with Crippen molar-refractivity contribution in [2.45, 2.75) is 303 Å². The Morgan fingerprint density at radius 3 is 1.23 bits per heavy atom. The molecule has 1 amide bonds. The van der Waals surface area contributed by atoms with Crippen LogP contribution in [0.5, 0.6) is 0 Å². The zero-order chi connectivity index (χ0) is 57.9. The van der Waals surface area contributed by atoms with Crippen LogP contribution in [-0.2, 0) is 27.9 Å². The van der Waals surface area contributed by atoms with Crippen molar-refractivity contribution in [3.8, 4) is 0 Å². The summed E-state index contributed by atoms with van der Waals surface area (Å²) in [6.45, 7) is 6.68. The summed E-state index contributed by atoms with van der Waals surface area (Å²) in [5.41, 5.74) is 0. The maximum absolute atomic E-state index is 13.6. The van der Waals surface area contributed by atoms with E-state index in [1.165, 1.54) is 186 Å². The highest BCUT2D eigenvalue weighted by molar-refractivity contribution is 7.45. The molecule has 0 heterocycles. The number of likely N-dealkylation sites (N-methyl/N-ethyl adjacent to an activating group) is 1. The van der Waals surface area contributed by atoms with E-state index in [-0.39, 0.29) is 24.9 Å². The molecular weight excluding hydrogens is 1000 g/mol. The minimum atomic E-state index is -4.71. The maximum atomic E-state index is 13.6. The molecule has 0 aliphatic carbocycles. The maximum Gasteiger partial charge on any atom is 0.306 e. The third-order valence-corrected chi connectivity index (χ3v) is 15.5. The van der Waals surface area contributed by atoms with E-state index in [2.05, 4.69) is 38.2 Å². The zero-order valence-corrected chi connectivity index (χ0v) is 53.2. The minimum absolute atomic E-state index is 0.0322. The van der Waals surface area contributed by atoms with Gasteiger partial charge in [-0.2, -0.15) is 0 Å². The largest absolute Gasteiger partial charge is 0.756 e. The molecule has 0 saturated heterocycles. The Morgan fingerprint density at radius 2 is 0.810 bits per heavy atom. The number of rotatable bonds is 59. The van der Waals surface area contributed by atoms with Crippen molar-refractivity contribution in [1.29, 1.82) is 0 Å². The first-order valence-electron chi connectivity index (χ1n) is 33.0. The summed E-state index contributed by atoms with van der Waals surface area (Å²) in [4.78, 5) is 40.0. The van der Waals surface area contributed by atoms with E-state index >= 15 is 0 Å². The van der Waals surface area contributed by atoms with Gasteiger partial charge in [0.15, 0.2) is 0 Å². The van der Waals surface area contributed by atoms with E-state index in [9.17, 15) is 19.0 Å². The normalized spacial score (nSPS) is 14.2. The fourth-order valence-corrected chi connectivity index (χ4v) is 10.2. The van der Waals surface area contributed by atoms with Crippen molar-refractivity contribution < 1.29 is 37.3 Å². The summed E-state index contributed by atoms with van der Waals surface area (Å²) >= 11 is 0. The van der Waals surface area contributed by atoms with Crippen LogP contribution < -0.4 is 10.2 Å². The molecule has 9 nitrogen and oxygen atoms in total. The second-order valence-corrected chi connectivity index (χ2v) is 24.8. The predicted molar refractivity (Wildman–Crippen MR) is 339 cm³/mol. The number of carbonyl (C=O) groups is 2. The van der Waals surface area contributed by atoms with Gasteiger partial charge in [0, 0.05) is 12.8 Å². The highest BCUT2D eigenvalue weighted by Gasteiger charge is 2.27. The Kier molecular flexibility index (Phi) is 56.3. The average molecular weight is 1130 g/mol. The third-order valence-electron chi connectivity index (χ3n) is 14.5. The van der Waals surface area contributed by atoms with Gasteiger partial charge in [-0.1, -0.05) is 312 Å². The average Bonchev–Trinajstić information content (AvgIpc) is 3.41. The molecule has 0 aromatic rings. The van der Waals surface area contributed by atoms with Gasteiger partial charge in [-0.25, -0.2) is 0 Å². The van der Waals surface area contributed by atoms with Crippen molar-refractivity contribution >= 4 is 19.7 Å². The Hall–Kier alpha value is -2.81. The van der Waals surface area contributed by atoms with Crippen LogP contribution in [0.3, 0.4) is 0 Å². The molecule has 0 fully saturated rings. The van der Waals surface area contributed by atoms with E-state index in [1.807, 2.05) is 94.1 Å². The molecule has 1 N–H and O–H groups in total. The molecule has 0 aliphatic rings. The molecule has 79 heavy (non-hydrogen) atoms. The van der Waals surface area contributed by atoms with Crippen LogP contribution in [0, 0.1) is 0 Å². The van der Waals surface area contributed by atoms with Gasteiger partial charge >= 0.3 is 5.97 Å². The number of quaternary nitrogens is 1. The zero-order valence-electron chi connectivity index (χ0n) is 52.3. The van der Waals surface area contributed by atoms with Crippen LogP contribution in [-0.4, -0.2) is 69.4 Å². The summed E-state index contributed by atoms with van der Waals surface area (Å²) in [5, 5.41) is 3.02. The molecule has 0 spiro atoms. The van der Waals surface area contributed by atoms with Crippen molar-refractivity contribution in [3.05, 3.63) is 85.1 Å². The summed E-state index contributed by atoms with van der Waals surface area (Å²) in [5.74, 6) is -0.587. The molecule has 3 unspecified atom stereocenters. The lowest BCUT2D eigenvalue weighted by Gasteiger charge is -2.30. The molecule has 0 saturated carbocycles. The molecule has 0 radical (unpaired) electrons. The van der Waals surface area contributed by atoms with Gasteiger partial charge in [-0.05, 0) is 51.0 Å². The van der Waals surface area contributed by atoms with Crippen molar-refractivity contribution in [3.63, 3.8) is 0 Å². The standard InChI is InChI=1S/C69H125N2O7P/c1-7-10-13-16-19-22-25-27-29-31-32-33-34-35-36-37-38-40-41-43-46-49-52-55-58-61-68(72)70-66(65-77-79(74,75)76-64-63-71(4,5)6)67(60-57-54-51-48-45-24-21-18-15-12-9-3)78-69(73)62-59-56-53-50-47-44-42-39-30-28-26-23-20-17-14-11-8-2/h11,14,17,20,23,26,28,30,39,42,44,47,57,60,66-67H,7-10,12-13,15-16,18-19,21-22,24-25,27,29,31-38,40-41,43,45-46,48-56,58-59,61-65H2,1-6H3,(H-,70,72,74,75)/b14-11-,20-17+,26-23+,30-28-,42-39+,47-44+,60-57-. The lowest BCUT2D eigenvalue weighted by molar-refractivity contribution is -0.870. The lowest BCUT2D eigenvalue weighted by atomic mass is 10.0. The van der Waals surface area contributed by atoms with Gasteiger partial charge in [-0.3, -0.25) is 14.2 Å². The number of esters is 1. The predicted octanol–water partition coefficient (Wildman–Crippen LogP) is 19.9. The number of nitrogens with one attached hydrogen (secondary N) is 1. The van der Waals surface area contributed by atoms with Crippen LogP contribution in [0.25, 0.3) is 0 Å². The lowest BCUT2D eigenvalue weighted by Crippen LogP contribution is -2.47. The van der Waals surface area contributed by atoms with Crippen molar-refractivity contribution in [2.24, 2.45) is 0 Å². The fourth-order valence-electron chi connectivity index (χ4n) is 9.44.